The summed E-state index contributed by atoms with van der Waals surface area (Å²) in [5.41, 5.74) is 0.197. The number of amides is 1. The van der Waals surface area contributed by atoms with E-state index in [0.717, 1.165) is 18.2 Å². The number of fused-ring (bicyclic) bond motifs is 1. The van der Waals surface area contributed by atoms with Crippen LogP contribution in [0.4, 0.5) is 15.8 Å². The van der Waals surface area contributed by atoms with E-state index in [1.165, 1.54) is 6.07 Å². The molecule has 0 bridgehead atoms. The number of carbonyl (C=O) groups is 2. The number of nitrogens with one attached hydrogen (secondary N) is 1. The number of ether oxygens (including phenoxy) is 2. The number of carbonyl (C=O) groups excluding carboxylic acids is 2. The van der Waals surface area contributed by atoms with Crippen molar-refractivity contribution in [3.8, 4) is 5.75 Å². The van der Waals surface area contributed by atoms with Gasteiger partial charge in [-0.3, -0.25) is 14.9 Å². The lowest BCUT2D eigenvalue weighted by Gasteiger charge is -2.12. The Balaban J connectivity index is 1.61. The molecule has 32 heavy (non-hydrogen) atoms. The van der Waals surface area contributed by atoms with Gasteiger partial charge in [-0.1, -0.05) is 23.2 Å². The Morgan fingerprint density at radius 1 is 1.16 bits per heavy atom. The Morgan fingerprint density at radius 3 is 2.62 bits per heavy atom. The fraction of sp³-hybridized carbons (Fsp3) is 0.150. The van der Waals surface area contributed by atoms with Crippen LogP contribution in [0, 0.1) is 22.9 Å². The summed E-state index contributed by atoms with van der Waals surface area (Å²) >= 11 is 12.3. The highest BCUT2D eigenvalue weighted by atomic mass is 35.5. The SMILES string of the molecule is Cc1ccc2c(Cl)cc(Cl)c(OCC(=O)OCC(=O)Nc3cc([N+](=O)[O-])ccc3F)c2n1. The third-order valence-corrected chi connectivity index (χ3v) is 4.70. The van der Waals surface area contributed by atoms with E-state index in [1.807, 2.05) is 0 Å². The van der Waals surface area contributed by atoms with Crippen LogP contribution in [-0.4, -0.2) is 35.0 Å². The second-order valence-electron chi connectivity index (χ2n) is 6.44. The molecule has 0 spiro atoms. The molecule has 0 saturated carbocycles. The average molecular weight is 482 g/mol. The molecule has 3 rings (SSSR count). The first-order valence-electron chi connectivity index (χ1n) is 8.93. The quantitative estimate of drug-likeness (QED) is 0.300. The molecule has 0 fully saturated rings. The maximum absolute atomic E-state index is 13.7. The van der Waals surface area contributed by atoms with E-state index in [0.29, 0.717) is 21.6 Å². The molecule has 0 unspecified atom stereocenters. The van der Waals surface area contributed by atoms with Crippen LogP contribution in [0.5, 0.6) is 5.75 Å². The van der Waals surface area contributed by atoms with Crippen molar-refractivity contribution < 1.29 is 28.4 Å². The van der Waals surface area contributed by atoms with E-state index in [-0.39, 0.29) is 10.8 Å². The Bertz CT molecular complexity index is 1240. The predicted molar refractivity (Wildman–Crippen MR) is 115 cm³/mol. The molecule has 3 aromatic rings. The first-order chi connectivity index (χ1) is 15.2. The Kier molecular flexibility index (Phi) is 7.06. The molecular formula is C20H14Cl2FN3O6. The first-order valence-corrected chi connectivity index (χ1v) is 9.69. The molecule has 0 aliphatic heterocycles. The largest absolute Gasteiger partial charge is 0.478 e. The Hall–Kier alpha value is -3.50. The molecule has 0 aliphatic carbocycles. The molecule has 1 heterocycles. The van der Waals surface area contributed by atoms with Crippen molar-refractivity contribution in [3.63, 3.8) is 0 Å². The average Bonchev–Trinajstić information content (AvgIpc) is 2.73. The number of esters is 1. The van der Waals surface area contributed by atoms with Crippen molar-refractivity contribution in [1.82, 2.24) is 4.98 Å². The zero-order chi connectivity index (χ0) is 23.4. The second kappa shape index (κ2) is 9.75. The molecule has 1 N–H and O–H groups in total. The molecular weight excluding hydrogens is 468 g/mol. The van der Waals surface area contributed by atoms with Crippen molar-refractivity contribution in [2.24, 2.45) is 0 Å². The van der Waals surface area contributed by atoms with E-state index in [4.69, 9.17) is 32.7 Å². The topological polar surface area (TPSA) is 121 Å². The van der Waals surface area contributed by atoms with Crippen molar-refractivity contribution >= 4 is 57.4 Å². The number of aryl methyl sites for hydroxylation is 1. The van der Waals surface area contributed by atoms with Crippen LogP contribution in [0.1, 0.15) is 5.69 Å². The number of non-ortho nitro benzene ring substituents is 1. The van der Waals surface area contributed by atoms with Crippen LogP contribution in [0.2, 0.25) is 10.0 Å². The molecule has 0 radical (unpaired) electrons. The van der Waals surface area contributed by atoms with Gasteiger partial charge in [0.1, 0.15) is 11.3 Å². The number of nitrogens with zero attached hydrogens (tertiary/aromatic N) is 2. The Morgan fingerprint density at radius 2 is 1.91 bits per heavy atom. The van der Waals surface area contributed by atoms with Crippen LogP contribution in [0.25, 0.3) is 10.9 Å². The fourth-order valence-electron chi connectivity index (χ4n) is 2.66. The fourth-order valence-corrected chi connectivity index (χ4v) is 3.23. The van der Waals surface area contributed by atoms with Crippen molar-refractivity contribution in [3.05, 3.63) is 68.1 Å². The third-order valence-electron chi connectivity index (χ3n) is 4.11. The van der Waals surface area contributed by atoms with Crippen LogP contribution < -0.4 is 10.1 Å². The van der Waals surface area contributed by atoms with Gasteiger partial charge in [0.05, 0.1) is 20.7 Å². The number of hydrogen-bond donors (Lipinski definition) is 1. The van der Waals surface area contributed by atoms with Gasteiger partial charge in [0, 0.05) is 23.2 Å². The monoisotopic (exact) mass is 481 g/mol. The highest BCUT2D eigenvalue weighted by Gasteiger charge is 2.17. The van der Waals surface area contributed by atoms with E-state index in [2.05, 4.69) is 10.3 Å². The minimum atomic E-state index is -0.911. The summed E-state index contributed by atoms with van der Waals surface area (Å²) in [5.74, 6) is -2.57. The standard InChI is InChI=1S/C20H14Cl2FN3O6/c1-10-2-4-12-13(21)7-14(22)20(19(12)24-10)32-9-18(28)31-8-17(27)25-16-6-11(26(29)30)3-5-15(16)23/h2-7H,8-9H2,1H3,(H,25,27). The number of aromatic nitrogens is 1. The maximum Gasteiger partial charge on any atom is 0.344 e. The Labute approximate surface area is 190 Å². The molecule has 1 amide bonds. The molecule has 9 nitrogen and oxygen atoms in total. The summed E-state index contributed by atoms with van der Waals surface area (Å²) in [5, 5.41) is 13.9. The van der Waals surface area contributed by atoms with E-state index in [9.17, 15) is 24.1 Å². The minimum Gasteiger partial charge on any atom is -0.478 e. The van der Waals surface area contributed by atoms with Gasteiger partial charge in [-0.05, 0) is 31.2 Å². The summed E-state index contributed by atoms with van der Waals surface area (Å²) < 4.78 is 24.0. The first kappa shape index (κ1) is 23.2. The number of halogens is 3. The minimum absolute atomic E-state index is 0.120. The van der Waals surface area contributed by atoms with E-state index < -0.39 is 47.2 Å². The van der Waals surface area contributed by atoms with Crippen LogP contribution in [0.15, 0.2) is 36.4 Å². The lowest BCUT2D eigenvalue weighted by atomic mass is 10.2. The number of anilines is 1. The van der Waals surface area contributed by atoms with E-state index >= 15 is 0 Å². The van der Waals surface area contributed by atoms with Gasteiger partial charge < -0.3 is 14.8 Å². The van der Waals surface area contributed by atoms with Gasteiger partial charge in [0.2, 0.25) is 0 Å². The molecule has 0 saturated heterocycles. The van der Waals surface area contributed by atoms with Gasteiger partial charge in [-0.2, -0.15) is 0 Å². The van der Waals surface area contributed by atoms with Crippen LogP contribution >= 0.6 is 23.2 Å². The lowest BCUT2D eigenvalue weighted by Crippen LogP contribution is -2.24. The van der Waals surface area contributed by atoms with Crippen molar-refractivity contribution in [2.45, 2.75) is 6.92 Å². The molecule has 166 valence electrons. The normalized spacial score (nSPS) is 10.6. The van der Waals surface area contributed by atoms with Gasteiger partial charge in [0.15, 0.2) is 19.0 Å². The van der Waals surface area contributed by atoms with Gasteiger partial charge in [-0.15, -0.1) is 0 Å². The number of rotatable bonds is 7. The molecule has 12 heteroatoms. The van der Waals surface area contributed by atoms with Crippen molar-refractivity contribution in [2.75, 3.05) is 18.5 Å². The number of benzene rings is 2. The summed E-state index contributed by atoms with van der Waals surface area (Å²) in [7, 11) is 0. The second-order valence-corrected chi connectivity index (χ2v) is 7.25. The van der Waals surface area contributed by atoms with Gasteiger partial charge in [0.25, 0.3) is 11.6 Å². The van der Waals surface area contributed by atoms with E-state index in [1.54, 1.807) is 19.1 Å². The zero-order valence-corrected chi connectivity index (χ0v) is 17.9. The van der Waals surface area contributed by atoms with Crippen LogP contribution in [-0.2, 0) is 14.3 Å². The van der Waals surface area contributed by atoms with Crippen LogP contribution in [0.3, 0.4) is 0 Å². The number of hydrogen-bond acceptors (Lipinski definition) is 7. The predicted octanol–water partition coefficient (Wildman–Crippen LogP) is 4.46. The number of nitro groups is 1. The lowest BCUT2D eigenvalue weighted by molar-refractivity contribution is -0.384. The molecule has 1 aromatic heterocycles. The number of nitro benzene ring substituents is 1. The highest BCUT2D eigenvalue weighted by Crippen LogP contribution is 2.37. The summed E-state index contributed by atoms with van der Waals surface area (Å²) in [4.78, 5) is 38.3. The maximum atomic E-state index is 13.7. The van der Waals surface area contributed by atoms with Gasteiger partial charge >= 0.3 is 5.97 Å². The summed E-state index contributed by atoms with van der Waals surface area (Å²) in [6, 6.07) is 7.57. The number of pyridine rings is 1. The third kappa shape index (κ3) is 5.40. The zero-order valence-electron chi connectivity index (χ0n) is 16.4. The van der Waals surface area contributed by atoms with Gasteiger partial charge in [-0.25, -0.2) is 14.2 Å². The molecule has 2 aromatic carbocycles. The molecule has 0 atom stereocenters. The molecule has 0 aliphatic rings. The highest BCUT2D eigenvalue weighted by molar-refractivity contribution is 6.39. The summed E-state index contributed by atoms with van der Waals surface area (Å²) in [6.07, 6.45) is 0. The smallest absolute Gasteiger partial charge is 0.344 e. The van der Waals surface area contributed by atoms with Crippen molar-refractivity contribution in [1.29, 1.82) is 0 Å². The summed E-state index contributed by atoms with van der Waals surface area (Å²) in [6.45, 7) is 0.399.